The second-order valence-corrected chi connectivity index (χ2v) is 24.3. The number of hydrogen-bond acceptors (Lipinski definition) is 6. The molecule has 0 fully saturated rings. The van der Waals surface area contributed by atoms with Crippen LogP contribution in [-0.2, 0) is 0 Å². The summed E-state index contributed by atoms with van der Waals surface area (Å²) in [4.78, 5) is 4.46. The molecule has 0 aliphatic carbocycles. The minimum atomic E-state index is 0.00155. The molecule has 0 radical (unpaired) electrons. The predicted molar refractivity (Wildman–Crippen MR) is 408 cm³/mol. The lowest BCUT2D eigenvalue weighted by atomic mass is 9.73. The van der Waals surface area contributed by atoms with Gasteiger partial charge in [0.05, 0.1) is 14.2 Å². The lowest BCUT2D eigenvalue weighted by Gasteiger charge is -2.30. The van der Waals surface area contributed by atoms with Crippen LogP contribution in [0.15, 0.2) is 352 Å². The van der Waals surface area contributed by atoms with Crippen LogP contribution in [0.4, 0.5) is 34.1 Å². The molecule has 0 saturated carbocycles. The third-order valence-electron chi connectivity index (χ3n) is 18.8. The minimum Gasteiger partial charge on any atom is -0.507 e. The van der Waals surface area contributed by atoms with Crippen molar-refractivity contribution in [3.63, 3.8) is 0 Å². The fourth-order valence-electron chi connectivity index (χ4n) is 14.7. The highest BCUT2D eigenvalue weighted by atomic mass is 16.5. The Balaban J connectivity index is 1.15. The van der Waals surface area contributed by atoms with Gasteiger partial charge in [0.2, 0.25) is 0 Å². The van der Waals surface area contributed by atoms with Gasteiger partial charge in [-0.1, -0.05) is 279 Å². The van der Waals surface area contributed by atoms with E-state index in [0.717, 1.165) is 122 Å². The Morgan fingerprint density at radius 3 is 0.582 bits per heavy atom. The second-order valence-electron chi connectivity index (χ2n) is 24.3. The fraction of sp³-hybridized carbons (Fsp3) is 0.0217. The Kier molecular flexibility index (Phi) is 16.0. The van der Waals surface area contributed by atoms with E-state index in [1.807, 2.05) is 48.5 Å². The molecule has 468 valence electrons. The topological polar surface area (TPSA) is 65.4 Å². The third-order valence-corrected chi connectivity index (χ3v) is 18.8. The van der Waals surface area contributed by atoms with Crippen molar-refractivity contribution in [2.24, 2.45) is 0 Å². The number of phenols is 2. The van der Waals surface area contributed by atoms with Gasteiger partial charge in [-0.05, 0) is 128 Å². The molecule has 0 spiro atoms. The summed E-state index contributed by atoms with van der Waals surface area (Å²) >= 11 is 0. The van der Waals surface area contributed by atoms with Gasteiger partial charge >= 0.3 is 0 Å². The molecule has 0 unspecified atom stereocenters. The largest absolute Gasteiger partial charge is 0.507 e. The molecule has 16 aromatic rings. The molecule has 0 atom stereocenters. The van der Waals surface area contributed by atoms with Crippen LogP contribution in [-0.4, -0.2) is 24.4 Å². The molecule has 0 bridgehead atoms. The number of para-hydroxylation sites is 4. The lowest BCUT2D eigenvalue weighted by Crippen LogP contribution is -2.09. The summed E-state index contributed by atoms with van der Waals surface area (Å²) in [5.74, 6) is 1.14. The van der Waals surface area contributed by atoms with Crippen molar-refractivity contribution in [1.29, 1.82) is 0 Å². The fourth-order valence-corrected chi connectivity index (χ4v) is 14.7. The van der Waals surface area contributed by atoms with Gasteiger partial charge in [0.25, 0.3) is 0 Å². The van der Waals surface area contributed by atoms with E-state index in [0.29, 0.717) is 44.5 Å². The van der Waals surface area contributed by atoms with E-state index >= 15 is 0 Å². The molecule has 0 heterocycles. The average molecular weight is 1260 g/mol. The zero-order valence-corrected chi connectivity index (χ0v) is 54.1. The maximum Gasteiger partial charge on any atom is 0.169 e. The van der Waals surface area contributed by atoms with Crippen LogP contribution in [0.3, 0.4) is 0 Å². The highest BCUT2D eigenvalue weighted by molar-refractivity contribution is 6.39. The van der Waals surface area contributed by atoms with Crippen molar-refractivity contribution in [2.75, 3.05) is 24.0 Å². The van der Waals surface area contributed by atoms with Crippen LogP contribution in [0.2, 0.25) is 0 Å². The van der Waals surface area contributed by atoms with Crippen LogP contribution in [0.1, 0.15) is 0 Å². The summed E-state index contributed by atoms with van der Waals surface area (Å²) < 4.78 is 13.6. The smallest absolute Gasteiger partial charge is 0.169 e. The molecule has 2 N–H and O–H groups in total. The van der Waals surface area contributed by atoms with E-state index < -0.39 is 0 Å². The van der Waals surface area contributed by atoms with E-state index in [9.17, 15) is 10.2 Å². The highest BCUT2D eigenvalue weighted by Crippen LogP contribution is 2.64. The van der Waals surface area contributed by atoms with Crippen molar-refractivity contribution in [3.8, 4) is 112 Å². The average Bonchev–Trinajstić information content (AvgIpc) is 0.676. The van der Waals surface area contributed by atoms with Gasteiger partial charge in [0, 0.05) is 99.8 Å². The molecule has 16 rings (SSSR count). The predicted octanol–water partition coefficient (Wildman–Crippen LogP) is 24.9. The zero-order chi connectivity index (χ0) is 66.1. The van der Waals surface area contributed by atoms with E-state index in [2.05, 4.69) is 313 Å². The quantitative estimate of drug-likeness (QED) is 0.0742. The Bertz CT molecular complexity index is 5090. The third kappa shape index (κ3) is 10.5. The van der Waals surface area contributed by atoms with Crippen LogP contribution in [0, 0.1) is 0 Å². The summed E-state index contributed by atoms with van der Waals surface area (Å²) in [5, 5.41) is 34.1. The maximum atomic E-state index is 14.8. The number of nitrogens with zero attached hydrogens (tertiary/aromatic N) is 2. The first-order valence-corrected chi connectivity index (χ1v) is 33.0. The number of benzene rings is 16. The SMILES string of the molecule is COc1c(OC)c(-c2ccccc2)c2c(-c3ccccc3)c3c(-c4ccccc4)c4c(O)c(-c5ccc(N(c6ccccc6)c6ccccc6)cc5)c(-c5ccc(N(c6ccccc6)c6ccccc6)cc5)c(O)c4c(-c4ccccc4)c3c(-c3ccccc3)c2c1-c1ccccc1. The van der Waals surface area contributed by atoms with Crippen molar-refractivity contribution in [2.45, 2.75) is 0 Å². The summed E-state index contributed by atoms with van der Waals surface area (Å²) in [7, 11) is 3.46. The molecular weight excluding hydrogens is 1200 g/mol. The van der Waals surface area contributed by atoms with Crippen LogP contribution in [0.25, 0.3) is 121 Å². The van der Waals surface area contributed by atoms with Crippen molar-refractivity contribution >= 4 is 66.4 Å². The van der Waals surface area contributed by atoms with Crippen LogP contribution >= 0.6 is 0 Å². The number of ether oxygens (including phenoxy) is 2. The monoisotopic (exact) mass is 1260 g/mol. The number of aromatic hydroxyl groups is 2. The van der Waals surface area contributed by atoms with E-state index in [1.165, 1.54) is 0 Å². The highest BCUT2D eigenvalue weighted by Gasteiger charge is 2.36. The minimum absolute atomic E-state index is 0.00155. The summed E-state index contributed by atoms with van der Waals surface area (Å²) in [6.45, 7) is 0. The van der Waals surface area contributed by atoms with Gasteiger partial charge < -0.3 is 29.5 Å². The van der Waals surface area contributed by atoms with Gasteiger partial charge in [0.15, 0.2) is 11.5 Å². The van der Waals surface area contributed by atoms with Gasteiger partial charge in [-0.3, -0.25) is 0 Å². The lowest BCUT2D eigenvalue weighted by molar-refractivity contribution is 0.358. The normalized spacial score (nSPS) is 11.2. The van der Waals surface area contributed by atoms with Gasteiger partial charge in [0.1, 0.15) is 11.5 Å². The first-order chi connectivity index (χ1) is 48.5. The summed E-state index contributed by atoms with van der Waals surface area (Å²) in [5.41, 5.74) is 18.4. The van der Waals surface area contributed by atoms with Crippen molar-refractivity contribution < 1.29 is 19.7 Å². The molecule has 0 amide bonds. The molecule has 0 aliphatic rings. The number of rotatable bonds is 16. The molecule has 0 aromatic heterocycles. The summed E-state index contributed by atoms with van der Waals surface area (Å²) in [6.07, 6.45) is 0. The number of hydrogen-bond donors (Lipinski definition) is 2. The van der Waals surface area contributed by atoms with Gasteiger partial charge in [-0.15, -0.1) is 0 Å². The van der Waals surface area contributed by atoms with Gasteiger partial charge in [-0.2, -0.15) is 0 Å². The van der Waals surface area contributed by atoms with Crippen molar-refractivity contribution in [3.05, 3.63) is 352 Å². The molecule has 6 nitrogen and oxygen atoms in total. The second kappa shape index (κ2) is 26.1. The van der Waals surface area contributed by atoms with E-state index in [4.69, 9.17) is 9.47 Å². The first-order valence-electron chi connectivity index (χ1n) is 33.0. The van der Waals surface area contributed by atoms with E-state index in [1.54, 1.807) is 14.2 Å². The van der Waals surface area contributed by atoms with Crippen molar-refractivity contribution in [1.82, 2.24) is 0 Å². The number of methoxy groups -OCH3 is 2. The van der Waals surface area contributed by atoms with Gasteiger partial charge in [-0.25, -0.2) is 0 Å². The maximum absolute atomic E-state index is 14.8. The number of anilines is 6. The molecule has 0 aliphatic heterocycles. The van der Waals surface area contributed by atoms with E-state index in [-0.39, 0.29) is 11.5 Å². The van der Waals surface area contributed by atoms with Crippen LogP contribution in [0.5, 0.6) is 23.0 Å². The molecule has 0 saturated heterocycles. The molecule has 98 heavy (non-hydrogen) atoms. The molecular formula is C92H66N2O4. The standard InChI is InChI=1S/C92H66N2O4/c1-97-91-81(65-41-21-7-22-42-65)85-75(61-33-13-3-14-34-61)83-77(63-37-17-5-18-38-63)87-88(78(64-39-19-6-20-40-64)84(83)76(62-35-15-4-16-36-62)86(85)82(92(91)98-2)66-43-23-8-24-44-66)90(96)80(68-55-59-74(60-56-68)94(71-49-29-11-30-50-71)72-51-31-12-32-52-72)79(89(87)95)67-53-57-73(58-54-67)93(69-45-25-9-26-46-69)70-47-27-10-28-48-70/h3-60,95-96H,1-2H3. The summed E-state index contributed by atoms with van der Waals surface area (Å²) in [6, 6.07) is 121. The Morgan fingerprint density at radius 1 is 0.184 bits per heavy atom. The first kappa shape index (κ1) is 60.1. The number of phenolic OH excluding ortho intramolecular Hbond substituents is 2. The molecule has 16 aromatic carbocycles. The Labute approximate surface area is 570 Å². The van der Waals surface area contributed by atoms with Crippen LogP contribution < -0.4 is 19.3 Å². The Morgan fingerprint density at radius 2 is 0.357 bits per heavy atom. The molecule has 6 heteroatoms. The number of fused-ring (bicyclic) bond motifs is 3. The Hall–Kier alpha value is -12.9. The zero-order valence-electron chi connectivity index (χ0n) is 54.1.